The van der Waals surface area contributed by atoms with Crippen molar-refractivity contribution in [3.63, 3.8) is 0 Å². The van der Waals surface area contributed by atoms with Crippen LogP contribution in [0, 0.1) is 29.0 Å². The molecule has 1 saturated carbocycles. The molecule has 0 spiro atoms. The molecule has 1 aliphatic carbocycles. The monoisotopic (exact) mass is 288 g/mol. The van der Waals surface area contributed by atoms with Gasteiger partial charge in [0.25, 0.3) is 5.91 Å². The van der Waals surface area contributed by atoms with E-state index in [2.05, 4.69) is 31.0 Å². The van der Waals surface area contributed by atoms with Gasteiger partial charge >= 0.3 is 0 Å². The number of halogens is 1. The van der Waals surface area contributed by atoms with Gasteiger partial charge in [0.2, 0.25) is 0 Å². The van der Waals surface area contributed by atoms with Crippen LogP contribution in [-0.4, -0.2) is 19.0 Å². The highest BCUT2D eigenvalue weighted by molar-refractivity contribution is 5.96. The van der Waals surface area contributed by atoms with Gasteiger partial charge in [0.15, 0.2) is 0 Å². The maximum absolute atomic E-state index is 13.3. The van der Waals surface area contributed by atoms with Gasteiger partial charge in [-0.2, -0.15) is 0 Å². The van der Waals surface area contributed by atoms with Crippen LogP contribution in [0.5, 0.6) is 0 Å². The summed E-state index contributed by atoms with van der Waals surface area (Å²) in [6.45, 7) is 5.18. The van der Waals surface area contributed by atoms with Crippen LogP contribution in [0.4, 0.5) is 4.39 Å². The lowest BCUT2D eigenvalue weighted by Gasteiger charge is -2.20. The van der Waals surface area contributed by atoms with E-state index in [0.29, 0.717) is 23.6 Å². The van der Waals surface area contributed by atoms with E-state index < -0.39 is 5.82 Å². The maximum atomic E-state index is 13.3. The Morgan fingerprint density at radius 2 is 2.19 bits per heavy atom. The Bertz CT molecular complexity index is 595. The van der Waals surface area contributed by atoms with Gasteiger partial charge < -0.3 is 11.1 Å². The summed E-state index contributed by atoms with van der Waals surface area (Å²) in [5.74, 6) is 5.35. The highest BCUT2D eigenvalue weighted by atomic mass is 19.1. The first-order chi connectivity index (χ1) is 9.98. The van der Waals surface area contributed by atoms with E-state index in [4.69, 9.17) is 5.73 Å². The predicted octanol–water partition coefficient (Wildman–Crippen LogP) is 2.30. The largest absolute Gasteiger partial charge is 0.351 e. The van der Waals surface area contributed by atoms with Crippen molar-refractivity contribution in [3.05, 3.63) is 35.1 Å². The lowest BCUT2D eigenvalue weighted by Crippen LogP contribution is -2.33. The maximum Gasteiger partial charge on any atom is 0.252 e. The fourth-order valence-electron chi connectivity index (χ4n) is 2.43. The molecular weight excluding hydrogens is 267 g/mol. The average Bonchev–Trinajstić information content (AvgIpc) is 3.24. The summed E-state index contributed by atoms with van der Waals surface area (Å²) in [7, 11) is 0. The first-order valence-electron chi connectivity index (χ1n) is 7.25. The molecule has 0 saturated heterocycles. The van der Waals surface area contributed by atoms with Gasteiger partial charge in [-0.3, -0.25) is 4.79 Å². The number of hydrogen-bond donors (Lipinski definition) is 2. The number of benzene rings is 1. The predicted molar refractivity (Wildman–Crippen MR) is 81.2 cm³/mol. The second-order valence-corrected chi connectivity index (χ2v) is 5.90. The summed E-state index contributed by atoms with van der Waals surface area (Å²) in [5, 5.41) is 2.96. The lowest BCUT2D eigenvalue weighted by atomic mass is 9.92. The molecule has 0 unspecified atom stereocenters. The average molecular weight is 288 g/mol. The molecule has 1 fully saturated rings. The van der Waals surface area contributed by atoms with Gasteiger partial charge in [-0.1, -0.05) is 25.7 Å². The standard InChI is InChI=1S/C17H21FN2O/c1-12(2)17(7-8-17)11-20-16(21)15-6-5-14(18)10-13(15)4-3-9-19/h5-6,10,12H,7-9,11,19H2,1-2H3,(H,20,21). The molecule has 0 aliphatic heterocycles. The molecule has 4 heteroatoms. The van der Waals surface area contributed by atoms with Crippen molar-refractivity contribution in [1.82, 2.24) is 5.32 Å². The molecule has 1 aliphatic rings. The molecule has 0 aromatic heterocycles. The number of amides is 1. The van der Waals surface area contributed by atoms with E-state index in [0.717, 1.165) is 12.8 Å². The molecule has 0 atom stereocenters. The second-order valence-electron chi connectivity index (χ2n) is 5.90. The van der Waals surface area contributed by atoms with Crippen molar-refractivity contribution >= 4 is 5.91 Å². The fourth-order valence-corrected chi connectivity index (χ4v) is 2.43. The SMILES string of the molecule is CC(C)C1(CNC(=O)c2ccc(F)cc2C#CCN)CC1. The highest BCUT2D eigenvalue weighted by Gasteiger charge is 2.45. The molecule has 2 rings (SSSR count). The van der Waals surface area contributed by atoms with E-state index in [1.807, 2.05) is 0 Å². The molecular formula is C17H21FN2O. The van der Waals surface area contributed by atoms with Crippen LogP contribution in [0.25, 0.3) is 0 Å². The van der Waals surface area contributed by atoms with Crippen LogP contribution in [-0.2, 0) is 0 Å². The van der Waals surface area contributed by atoms with Crippen molar-refractivity contribution in [1.29, 1.82) is 0 Å². The number of hydrogen-bond acceptors (Lipinski definition) is 2. The van der Waals surface area contributed by atoms with E-state index in [1.54, 1.807) is 0 Å². The fraction of sp³-hybridized carbons (Fsp3) is 0.471. The Morgan fingerprint density at radius 3 is 2.76 bits per heavy atom. The minimum absolute atomic E-state index is 0.175. The Morgan fingerprint density at radius 1 is 1.48 bits per heavy atom. The topological polar surface area (TPSA) is 55.1 Å². The first kappa shape index (κ1) is 15.5. The number of carbonyl (C=O) groups excluding carboxylic acids is 1. The summed E-state index contributed by atoms with van der Waals surface area (Å²) in [6.07, 6.45) is 2.29. The zero-order valence-electron chi connectivity index (χ0n) is 12.5. The molecule has 0 bridgehead atoms. The minimum Gasteiger partial charge on any atom is -0.351 e. The van der Waals surface area contributed by atoms with Gasteiger partial charge in [0.1, 0.15) is 5.82 Å². The summed E-state index contributed by atoms with van der Waals surface area (Å²) in [5.41, 5.74) is 6.35. The Hall–Kier alpha value is -1.86. The van der Waals surface area contributed by atoms with Gasteiger partial charge in [0.05, 0.1) is 12.1 Å². The van der Waals surface area contributed by atoms with Crippen molar-refractivity contribution in [2.45, 2.75) is 26.7 Å². The normalized spacial score (nSPS) is 15.3. The van der Waals surface area contributed by atoms with Gasteiger partial charge in [0, 0.05) is 12.1 Å². The van der Waals surface area contributed by atoms with Crippen LogP contribution in [0.3, 0.4) is 0 Å². The van der Waals surface area contributed by atoms with E-state index in [1.165, 1.54) is 18.2 Å². The van der Waals surface area contributed by atoms with Crippen LogP contribution in [0.15, 0.2) is 18.2 Å². The van der Waals surface area contributed by atoms with Crippen molar-refractivity contribution < 1.29 is 9.18 Å². The Kier molecular flexibility index (Phi) is 4.64. The first-order valence-corrected chi connectivity index (χ1v) is 7.25. The molecule has 0 heterocycles. The van der Waals surface area contributed by atoms with E-state index >= 15 is 0 Å². The Labute approximate surface area is 125 Å². The zero-order valence-corrected chi connectivity index (χ0v) is 12.5. The summed E-state index contributed by atoms with van der Waals surface area (Å²) in [4.78, 5) is 12.3. The van der Waals surface area contributed by atoms with Crippen LogP contribution >= 0.6 is 0 Å². The molecule has 1 aromatic carbocycles. The molecule has 3 nitrogen and oxygen atoms in total. The smallest absolute Gasteiger partial charge is 0.252 e. The lowest BCUT2D eigenvalue weighted by molar-refractivity contribution is 0.0939. The van der Waals surface area contributed by atoms with Crippen LogP contribution < -0.4 is 11.1 Å². The summed E-state index contributed by atoms with van der Waals surface area (Å²) < 4.78 is 13.3. The molecule has 0 radical (unpaired) electrons. The third-order valence-electron chi connectivity index (χ3n) is 4.27. The summed E-state index contributed by atoms with van der Waals surface area (Å²) >= 11 is 0. The van der Waals surface area contributed by atoms with Crippen molar-refractivity contribution in [2.24, 2.45) is 17.1 Å². The second kappa shape index (κ2) is 6.28. The van der Waals surface area contributed by atoms with Crippen LogP contribution in [0.2, 0.25) is 0 Å². The number of carbonyl (C=O) groups is 1. The van der Waals surface area contributed by atoms with E-state index in [9.17, 15) is 9.18 Å². The molecule has 1 aromatic rings. The van der Waals surface area contributed by atoms with Crippen LogP contribution in [0.1, 0.15) is 42.6 Å². The number of nitrogens with two attached hydrogens (primary N) is 1. The Balaban J connectivity index is 2.12. The van der Waals surface area contributed by atoms with E-state index in [-0.39, 0.29) is 17.9 Å². The number of nitrogens with one attached hydrogen (secondary N) is 1. The quantitative estimate of drug-likeness (QED) is 0.835. The third kappa shape index (κ3) is 3.62. The van der Waals surface area contributed by atoms with Crippen molar-refractivity contribution in [3.8, 4) is 11.8 Å². The van der Waals surface area contributed by atoms with Gasteiger partial charge in [-0.15, -0.1) is 0 Å². The van der Waals surface area contributed by atoms with Gasteiger partial charge in [-0.05, 0) is 42.4 Å². The molecule has 3 N–H and O–H groups in total. The molecule has 1 amide bonds. The van der Waals surface area contributed by atoms with Gasteiger partial charge in [-0.25, -0.2) is 4.39 Å². The number of rotatable bonds is 4. The summed E-state index contributed by atoms with van der Waals surface area (Å²) in [6, 6.07) is 4.02. The molecule has 112 valence electrons. The minimum atomic E-state index is -0.409. The highest BCUT2D eigenvalue weighted by Crippen LogP contribution is 2.51. The third-order valence-corrected chi connectivity index (χ3v) is 4.27. The zero-order chi connectivity index (χ0) is 15.5. The van der Waals surface area contributed by atoms with Crippen molar-refractivity contribution in [2.75, 3.05) is 13.1 Å². The molecule has 21 heavy (non-hydrogen) atoms.